The van der Waals surface area contributed by atoms with E-state index in [4.69, 9.17) is 4.74 Å². The predicted molar refractivity (Wildman–Crippen MR) is 112 cm³/mol. The summed E-state index contributed by atoms with van der Waals surface area (Å²) in [6.07, 6.45) is 3.87. The molecule has 0 bridgehead atoms. The molecule has 0 radical (unpaired) electrons. The Labute approximate surface area is 169 Å². The van der Waals surface area contributed by atoms with E-state index in [9.17, 15) is 9.59 Å². The highest BCUT2D eigenvalue weighted by atomic mass is 16.5. The fourth-order valence-electron chi connectivity index (χ4n) is 4.20. The number of methoxy groups -OCH3 is 1. The van der Waals surface area contributed by atoms with Crippen LogP contribution in [-0.2, 0) is 20.6 Å². The van der Waals surface area contributed by atoms with Crippen LogP contribution in [0.3, 0.4) is 0 Å². The van der Waals surface area contributed by atoms with E-state index in [1.54, 1.807) is 20.5 Å². The lowest BCUT2D eigenvalue weighted by atomic mass is 9.89. The minimum atomic E-state index is -0.354. The zero-order valence-corrected chi connectivity index (χ0v) is 17.2. The van der Waals surface area contributed by atoms with Crippen molar-refractivity contribution in [3.63, 3.8) is 0 Å². The maximum Gasteiger partial charge on any atom is 0.332 e. The zero-order chi connectivity index (χ0) is 20.5. The van der Waals surface area contributed by atoms with Crippen LogP contribution in [0.2, 0.25) is 0 Å². The molecule has 0 unspecified atom stereocenters. The van der Waals surface area contributed by atoms with Crippen molar-refractivity contribution in [2.45, 2.75) is 25.3 Å². The highest BCUT2D eigenvalue weighted by Crippen LogP contribution is 2.30. The van der Waals surface area contributed by atoms with Crippen molar-refractivity contribution >= 4 is 11.2 Å². The summed E-state index contributed by atoms with van der Waals surface area (Å²) in [6.45, 7) is 3.56. The molecule has 0 spiro atoms. The Balaban J connectivity index is 1.42. The molecule has 0 atom stereocenters. The first kappa shape index (κ1) is 19.4. The van der Waals surface area contributed by atoms with Gasteiger partial charge in [-0.05, 0) is 49.5 Å². The van der Waals surface area contributed by atoms with Crippen molar-refractivity contribution in [2.24, 2.45) is 14.1 Å². The lowest BCUT2D eigenvalue weighted by Gasteiger charge is -2.32. The van der Waals surface area contributed by atoms with E-state index < -0.39 is 0 Å². The van der Waals surface area contributed by atoms with Crippen molar-refractivity contribution in [3.8, 4) is 5.75 Å². The molecule has 8 heteroatoms. The smallest absolute Gasteiger partial charge is 0.332 e. The van der Waals surface area contributed by atoms with Crippen LogP contribution in [0.1, 0.15) is 24.3 Å². The largest absolute Gasteiger partial charge is 0.497 e. The quantitative estimate of drug-likeness (QED) is 0.649. The Bertz CT molecular complexity index is 1140. The van der Waals surface area contributed by atoms with Gasteiger partial charge >= 0.3 is 5.69 Å². The van der Waals surface area contributed by atoms with E-state index in [2.05, 4.69) is 28.1 Å². The Hall–Kier alpha value is -2.87. The Morgan fingerprint density at radius 1 is 1.10 bits per heavy atom. The second-order valence-corrected chi connectivity index (χ2v) is 7.71. The van der Waals surface area contributed by atoms with Crippen LogP contribution in [0.4, 0.5) is 0 Å². The average molecular weight is 397 g/mol. The van der Waals surface area contributed by atoms with Gasteiger partial charge in [0.1, 0.15) is 5.75 Å². The van der Waals surface area contributed by atoms with Crippen molar-refractivity contribution in [3.05, 3.63) is 57.0 Å². The minimum Gasteiger partial charge on any atom is -0.497 e. The van der Waals surface area contributed by atoms with E-state index >= 15 is 0 Å². The molecule has 1 fully saturated rings. The molecular formula is C21H27N5O3. The average Bonchev–Trinajstić information content (AvgIpc) is 3.19. The summed E-state index contributed by atoms with van der Waals surface area (Å²) >= 11 is 0. The molecule has 8 nitrogen and oxygen atoms in total. The topological polar surface area (TPSA) is 74.3 Å². The summed E-state index contributed by atoms with van der Waals surface area (Å²) in [6, 6.07) is 8.35. The molecule has 1 aromatic carbocycles. The van der Waals surface area contributed by atoms with E-state index in [-0.39, 0.29) is 11.2 Å². The molecule has 1 saturated heterocycles. The zero-order valence-electron chi connectivity index (χ0n) is 17.2. The van der Waals surface area contributed by atoms with Crippen molar-refractivity contribution in [2.75, 3.05) is 26.7 Å². The number of benzene rings is 1. The van der Waals surface area contributed by atoms with Gasteiger partial charge in [-0.2, -0.15) is 0 Å². The fourth-order valence-corrected chi connectivity index (χ4v) is 4.20. The van der Waals surface area contributed by atoms with Crippen molar-refractivity contribution in [1.82, 2.24) is 23.6 Å². The van der Waals surface area contributed by atoms with Crippen LogP contribution >= 0.6 is 0 Å². The first-order valence-corrected chi connectivity index (χ1v) is 9.96. The number of fused-ring (bicyclic) bond motifs is 1. The normalized spacial score (nSPS) is 15.8. The first-order valence-electron chi connectivity index (χ1n) is 9.96. The molecule has 0 N–H and O–H groups in total. The Morgan fingerprint density at radius 2 is 1.86 bits per heavy atom. The number of hydrogen-bond donors (Lipinski definition) is 0. The van der Waals surface area contributed by atoms with E-state index in [0.29, 0.717) is 23.6 Å². The third-order valence-electron chi connectivity index (χ3n) is 6.03. The summed E-state index contributed by atoms with van der Waals surface area (Å²) in [7, 11) is 4.85. The van der Waals surface area contributed by atoms with Gasteiger partial charge in [0, 0.05) is 27.2 Å². The predicted octanol–water partition coefficient (Wildman–Crippen LogP) is 1.32. The Morgan fingerprint density at radius 3 is 2.59 bits per heavy atom. The van der Waals surface area contributed by atoms with Gasteiger partial charge in [0.15, 0.2) is 11.2 Å². The number of aromatic nitrogens is 4. The molecule has 1 aliphatic rings. The van der Waals surface area contributed by atoms with Crippen LogP contribution in [0.15, 0.2) is 40.2 Å². The van der Waals surface area contributed by atoms with Gasteiger partial charge < -0.3 is 14.2 Å². The number of likely N-dealkylation sites (tertiary alicyclic amines) is 1. The highest BCUT2D eigenvalue weighted by molar-refractivity contribution is 5.69. The van der Waals surface area contributed by atoms with Crippen molar-refractivity contribution < 1.29 is 4.74 Å². The van der Waals surface area contributed by atoms with Crippen LogP contribution in [-0.4, -0.2) is 50.3 Å². The molecule has 1 aliphatic heterocycles. The summed E-state index contributed by atoms with van der Waals surface area (Å²) in [5.74, 6) is 1.46. The van der Waals surface area contributed by atoms with Gasteiger partial charge in [-0.1, -0.05) is 12.1 Å². The maximum absolute atomic E-state index is 12.6. The number of nitrogens with zero attached hydrogens (tertiary/aromatic N) is 5. The molecule has 3 heterocycles. The summed E-state index contributed by atoms with van der Waals surface area (Å²) < 4.78 is 9.78. The van der Waals surface area contributed by atoms with Gasteiger partial charge in [0.05, 0.1) is 13.4 Å². The first-order chi connectivity index (χ1) is 14.0. The van der Waals surface area contributed by atoms with Crippen molar-refractivity contribution in [1.29, 1.82) is 0 Å². The van der Waals surface area contributed by atoms with Gasteiger partial charge in [0.25, 0.3) is 5.56 Å². The summed E-state index contributed by atoms with van der Waals surface area (Å²) in [4.78, 5) is 31.3. The molecule has 4 rings (SSSR count). The maximum atomic E-state index is 12.6. The molecule has 0 aliphatic carbocycles. The third kappa shape index (κ3) is 3.60. The lowest BCUT2D eigenvalue weighted by Crippen LogP contribution is -2.38. The number of imidazole rings is 1. The van der Waals surface area contributed by atoms with Gasteiger partial charge in [-0.25, -0.2) is 9.78 Å². The van der Waals surface area contributed by atoms with Crippen LogP contribution in [0, 0.1) is 0 Å². The lowest BCUT2D eigenvalue weighted by molar-refractivity contribution is 0.206. The Kier molecular flexibility index (Phi) is 5.27. The number of rotatable bonds is 5. The molecule has 3 aromatic rings. The second kappa shape index (κ2) is 7.87. The summed E-state index contributed by atoms with van der Waals surface area (Å²) in [5.41, 5.74) is 1.62. The number of piperidine rings is 1. The SMILES string of the molecule is COc1cccc(C2CCN(CCn3cnc4c3c(=O)n(C)c(=O)n4C)CC2)c1. The van der Waals surface area contributed by atoms with Gasteiger partial charge in [-0.15, -0.1) is 0 Å². The standard InChI is InChI=1S/C21H27N5O3/c1-23-19-18(20(27)24(2)21(23)28)26(14-22-19)12-11-25-9-7-15(8-10-25)16-5-4-6-17(13-16)29-3/h4-6,13-15H,7-12H2,1-3H3. The number of hydrogen-bond acceptors (Lipinski definition) is 5. The summed E-state index contributed by atoms with van der Waals surface area (Å²) in [5, 5.41) is 0. The van der Waals surface area contributed by atoms with E-state index in [0.717, 1.165) is 42.8 Å². The van der Waals surface area contributed by atoms with Crippen LogP contribution in [0.25, 0.3) is 11.2 Å². The minimum absolute atomic E-state index is 0.294. The van der Waals surface area contributed by atoms with E-state index in [1.807, 2.05) is 10.6 Å². The number of aryl methyl sites for hydroxylation is 1. The van der Waals surface area contributed by atoms with E-state index in [1.165, 1.54) is 17.2 Å². The molecule has 29 heavy (non-hydrogen) atoms. The molecule has 2 aromatic heterocycles. The fraction of sp³-hybridized carbons (Fsp3) is 0.476. The highest BCUT2D eigenvalue weighted by Gasteiger charge is 2.21. The van der Waals surface area contributed by atoms with Crippen LogP contribution in [0.5, 0.6) is 5.75 Å². The van der Waals surface area contributed by atoms with Gasteiger partial charge in [0.2, 0.25) is 0 Å². The molecule has 0 saturated carbocycles. The second-order valence-electron chi connectivity index (χ2n) is 7.71. The molecule has 0 amide bonds. The third-order valence-corrected chi connectivity index (χ3v) is 6.03. The van der Waals surface area contributed by atoms with Gasteiger partial charge in [-0.3, -0.25) is 13.9 Å². The van der Waals surface area contributed by atoms with Crippen LogP contribution < -0.4 is 16.0 Å². The molecule has 154 valence electrons. The molecular weight excluding hydrogens is 370 g/mol. The number of ether oxygens (including phenoxy) is 1. The monoisotopic (exact) mass is 397 g/mol.